The fourth-order valence-electron chi connectivity index (χ4n) is 11.7. The number of ether oxygens (including phenoxy) is 2. The molecule has 5 fully saturated rings. The summed E-state index contributed by atoms with van der Waals surface area (Å²) in [6.07, 6.45) is 2.48. The van der Waals surface area contributed by atoms with Gasteiger partial charge in [0.15, 0.2) is 6.29 Å². The third-order valence-corrected chi connectivity index (χ3v) is 14.3. The van der Waals surface area contributed by atoms with Gasteiger partial charge in [-0.1, -0.05) is 53.7 Å². The molecule has 0 radical (unpaired) electrons. The Kier molecular flexibility index (Phi) is 10.1. The molecule has 0 amide bonds. The van der Waals surface area contributed by atoms with Crippen molar-refractivity contribution in [2.45, 2.75) is 135 Å². The van der Waals surface area contributed by atoms with E-state index < -0.39 is 54.4 Å². The maximum absolute atomic E-state index is 13.0. The summed E-state index contributed by atoms with van der Waals surface area (Å²) in [5.74, 6) is 0.501. The van der Waals surface area contributed by atoms with E-state index in [9.17, 15) is 40.5 Å². The van der Waals surface area contributed by atoms with Crippen LogP contribution in [0.15, 0.2) is 12.2 Å². The highest BCUT2D eigenvalue weighted by atomic mass is 16.7. The SMILES string of the molecule is C[C@H](/C=C/C[C@@](O)(CO)[C@H]1CC[C@]2(C)[C@@H]1CC[C@H]1[C@@]3(C)CCC(=O)C(C)(C)[C@H]3[C@@H](O)C[C@]12C)CO[C@H]1O[C@H](CO)[C@H](O)[C@@H](O)[C@H]1O. The van der Waals surface area contributed by atoms with Gasteiger partial charge in [-0.05, 0) is 84.9 Å². The first-order chi connectivity index (χ1) is 21.4. The lowest BCUT2D eigenvalue weighted by molar-refractivity contribution is -0.302. The number of fused-ring (bicyclic) bond motifs is 5. The Morgan fingerprint density at radius 3 is 2.33 bits per heavy atom. The summed E-state index contributed by atoms with van der Waals surface area (Å²) >= 11 is 0. The smallest absolute Gasteiger partial charge is 0.186 e. The van der Waals surface area contributed by atoms with E-state index in [1.165, 1.54) is 0 Å². The lowest BCUT2D eigenvalue weighted by Crippen LogP contribution is -2.67. The lowest BCUT2D eigenvalue weighted by Gasteiger charge is -2.70. The molecule has 0 aromatic rings. The topological polar surface area (TPSA) is 177 Å². The van der Waals surface area contributed by atoms with Crippen LogP contribution >= 0.6 is 0 Å². The monoisotopic (exact) mass is 652 g/mol. The Bertz CT molecular complexity index is 1140. The van der Waals surface area contributed by atoms with Crippen LogP contribution in [0.25, 0.3) is 0 Å². The Morgan fingerprint density at radius 2 is 1.67 bits per heavy atom. The quantitative estimate of drug-likeness (QED) is 0.183. The van der Waals surface area contributed by atoms with Gasteiger partial charge in [-0.3, -0.25) is 4.79 Å². The summed E-state index contributed by atoms with van der Waals surface area (Å²) in [5, 5.41) is 74.0. The number of hydrogen-bond acceptors (Lipinski definition) is 10. The number of ketones is 1. The fourth-order valence-corrected chi connectivity index (χ4v) is 11.7. The van der Waals surface area contributed by atoms with Gasteiger partial charge in [-0.25, -0.2) is 0 Å². The molecule has 4 saturated carbocycles. The van der Waals surface area contributed by atoms with Gasteiger partial charge in [0.05, 0.1) is 31.5 Å². The van der Waals surface area contributed by atoms with Crippen molar-refractivity contribution in [3.63, 3.8) is 0 Å². The Balaban J connectivity index is 1.26. The summed E-state index contributed by atoms with van der Waals surface area (Å²) in [4.78, 5) is 13.0. The molecule has 1 aliphatic heterocycles. The third kappa shape index (κ3) is 5.56. The van der Waals surface area contributed by atoms with E-state index in [2.05, 4.69) is 20.8 Å². The maximum atomic E-state index is 13.0. The zero-order valence-electron chi connectivity index (χ0n) is 28.6. The van der Waals surface area contributed by atoms with Crippen molar-refractivity contribution in [2.75, 3.05) is 19.8 Å². The number of carbonyl (C=O) groups excluding carboxylic acids is 1. The van der Waals surface area contributed by atoms with E-state index in [-0.39, 0.29) is 65.3 Å². The van der Waals surface area contributed by atoms with Gasteiger partial charge >= 0.3 is 0 Å². The summed E-state index contributed by atoms with van der Waals surface area (Å²) < 4.78 is 11.1. The van der Waals surface area contributed by atoms with Gasteiger partial charge in [-0.15, -0.1) is 0 Å². The second-order valence-electron chi connectivity index (χ2n) is 17.0. The molecule has 1 heterocycles. The van der Waals surface area contributed by atoms with Crippen molar-refractivity contribution in [2.24, 2.45) is 51.2 Å². The molecule has 0 aromatic carbocycles. The average Bonchev–Trinajstić information content (AvgIpc) is 3.36. The van der Waals surface area contributed by atoms with Crippen LogP contribution in [0.5, 0.6) is 0 Å². The van der Waals surface area contributed by atoms with Gasteiger partial charge in [0.1, 0.15) is 30.2 Å². The van der Waals surface area contributed by atoms with Crippen molar-refractivity contribution in [3.8, 4) is 0 Å². The van der Waals surface area contributed by atoms with Crippen LogP contribution in [0.3, 0.4) is 0 Å². The molecular formula is C36H60O10. The second kappa shape index (κ2) is 12.7. The van der Waals surface area contributed by atoms with E-state index in [0.717, 1.165) is 32.1 Å². The molecule has 264 valence electrons. The van der Waals surface area contributed by atoms with E-state index in [4.69, 9.17) is 9.47 Å². The van der Waals surface area contributed by atoms with Gasteiger partial charge in [0.2, 0.25) is 0 Å². The fraction of sp³-hybridized carbons (Fsp3) is 0.917. The van der Waals surface area contributed by atoms with Crippen LogP contribution in [-0.2, 0) is 14.3 Å². The highest BCUT2D eigenvalue weighted by Gasteiger charge is 2.71. The second-order valence-corrected chi connectivity index (χ2v) is 17.0. The molecule has 5 rings (SSSR count). The van der Waals surface area contributed by atoms with Crippen LogP contribution in [-0.4, -0.2) is 104 Å². The molecule has 4 aliphatic carbocycles. The molecule has 15 atom stereocenters. The summed E-state index contributed by atoms with van der Waals surface area (Å²) in [5.41, 5.74) is -2.28. The lowest BCUT2D eigenvalue weighted by atomic mass is 9.35. The van der Waals surface area contributed by atoms with Crippen molar-refractivity contribution in [1.82, 2.24) is 0 Å². The minimum atomic E-state index is -1.50. The first kappa shape index (κ1) is 36.3. The highest BCUT2D eigenvalue weighted by Crippen LogP contribution is 2.75. The van der Waals surface area contributed by atoms with E-state index >= 15 is 0 Å². The minimum Gasteiger partial charge on any atom is -0.394 e. The highest BCUT2D eigenvalue weighted by molar-refractivity contribution is 5.85. The average molecular weight is 653 g/mol. The summed E-state index contributed by atoms with van der Waals surface area (Å²) in [7, 11) is 0. The predicted molar refractivity (Wildman–Crippen MR) is 170 cm³/mol. The Hall–Kier alpha value is -0.950. The maximum Gasteiger partial charge on any atom is 0.186 e. The van der Waals surface area contributed by atoms with Gasteiger partial charge in [0.25, 0.3) is 0 Å². The first-order valence-corrected chi connectivity index (χ1v) is 17.5. The minimum absolute atomic E-state index is 0.0668. The molecule has 10 nitrogen and oxygen atoms in total. The van der Waals surface area contributed by atoms with E-state index in [1.54, 1.807) is 0 Å². The summed E-state index contributed by atoms with van der Waals surface area (Å²) in [6.45, 7) is 12.2. The Labute approximate surface area is 274 Å². The Morgan fingerprint density at radius 1 is 0.978 bits per heavy atom. The number of carbonyl (C=O) groups is 1. The van der Waals surface area contributed by atoms with Crippen LogP contribution in [0.4, 0.5) is 0 Å². The van der Waals surface area contributed by atoms with E-state index in [0.29, 0.717) is 18.8 Å². The largest absolute Gasteiger partial charge is 0.394 e. The first-order valence-electron chi connectivity index (χ1n) is 17.5. The normalized spacial score (nSPS) is 49.2. The molecule has 10 heteroatoms. The number of Topliss-reactive ketones (excluding diaryl/α,β-unsaturated/α-hetero) is 1. The van der Waals surface area contributed by atoms with Crippen LogP contribution < -0.4 is 0 Å². The van der Waals surface area contributed by atoms with Crippen molar-refractivity contribution < 1.29 is 50.0 Å². The molecule has 46 heavy (non-hydrogen) atoms. The third-order valence-electron chi connectivity index (χ3n) is 14.3. The zero-order valence-corrected chi connectivity index (χ0v) is 28.6. The van der Waals surface area contributed by atoms with Crippen LogP contribution in [0.1, 0.15) is 92.9 Å². The van der Waals surface area contributed by atoms with Crippen LogP contribution in [0, 0.1) is 51.2 Å². The molecule has 1 saturated heterocycles. The number of hydrogen-bond donors (Lipinski definition) is 7. The van der Waals surface area contributed by atoms with Gasteiger partial charge < -0.3 is 45.2 Å². The van der Waals surface area contributed by atoms with Crippen LogP contribution in [0.2, 0.25) is 0 Å². The molecule has 0 aromatic heterocycles. The molecule has 0 spiro atoms. The zero-order chi connectivity index (χ0) is 34.0. The van der Waals surface area contributed by atoms with Crippen molar-refractivity contribution >= 4 is 5.78 Å². The molecular weight excluding hydrogens is 592 g/mol. The number of rotatable bonds is 9. The summed E-state index contributed by atoms with van der Waals surface area (Å²) in [6, 6.07) is 0. The number of aliphatic hydroxyl groups is 7. The van der Waals surface area contributed by atoms with Crippen molar-refractivity contribution in [3.05, 3.63) is 12.2 Å². The van der Waals surface area contributed by atoms with Gasteiger partial charge in [-0.2, -0.15) is 0 Å². The molecule has 7 N–H and O–H groups in total. The standard InChI is InChI=1S/C36H60O10/c1-20(18-45-31-29(43)28(42)27(41)24(17-37)46-31)8-7-13-36(44,19-38)22-11-15-34(5)21(22)9-10-25-33(4)14-12-26(40)32(2,3)30(33)23(39)16-35(25,34)6/h7-8,20-25,27-31,37-39,41-44H,9-19H2,1-6H3/b8-7+/t20-,21-,22+,23+,24-,25+,27+,28-,29-,30-,31+,33-,34-,35-,36-/m1/s1. The van der Waals surface area contributed by atoms with E-state index in [1.807, 2.05) is 32.9 Å². The number of aliphatic hydroxyl groups excluding tert-OH is 6. The molecule has 5 aliphatic rings. The predicted octanol–water partition coefficient (Wildman–Crippen LogP) is 2.33. The molecule has 0 bridgehead atoms. The van der Waals surface area contributed by atoms with Crippen molar-refractivity contribution in [1.29, 1.82) is 0 Å². The molecule has 0 unspecified atom stereocenters. The van der Waals surface area contributed by atoms with Gasteiger partial charge in [0, 0.05) is 17.8 Å².